The predicted molar refractivity (Wildman–Crippen MR) is 58.4 cm³/mol. The van der Waals surface area contributed by atoms with Crippen molar-refractivity contribution in [2.24, 2.45) is 5.73 Å². The average molecular weight is 215 g/mol. The van der Waals surface area contributed by atoms with E-state index in [2.05, 4.69) is 17.2 Å². The molecule has 1 rings (SSSR count). The van der Waals surface area contributed by atoms with Crippen LogP contribution in [-0.2, 0) is 11.3 Å². The zero-order valence-corrected chi connectivity index (χ0v) is 9.43. The highest BCUT2D eigenvalue weighted by molar-refractivity contribution is 7.11. The molecule has 1 unspecified atom stereocenters. The number of nitrogens with two attached hydrogens (primary N) is 1. The molecule has 0 saturated carbocycles. The summed E-state index contributed by atoms with van der Waals surface area (Å²) in [6.45, 7) is 4.16. The van der Waals surface area contributed by atoms with Gasteiger partial charge in [-0.1, -0.05) is 0 Å². The molecule has 0 saturated heterocycles. The van der Waals surface area contributed by atoms with E-state index in [1.54, 1.807) is 18.4 Å². The molecule has 0 amide bonds. The Bertz CT molecular complexity index is 260. The lowest BCUT2D eigenvalue weighted by Gasteiger charge is -2.12. The number of rotatable bonds is 6. The molecule has 1 atom stereocenters. The number of hydrogen-bond acceptors (Lipinski definition) is 5. The Labute approximate surface area is 88.5 Å². The fourth-order valence-corrected chi connectivity index (χ4v) is 1.84. The van der Waals surface area contributed by atoms with Gasteiger partial charge in [-0.15, -0.1) is 11.3 Å². The van der Waals surface area contributed by atoms with Crippen molar-refractivity contribution in [2.45, 2.75) is 19.6 Å². The van der Waals surface area contributed by atoms with Crippen LogP contribution in [0.15, 0.2) is 6.20 Å². The SMILES string of the molecule is COC(CN)CNCc1ncc(C)s1. The summed E-state index contributed by atoms with van der Waals surface area (Å²) in [5, 5.41) is 4.37. The van der Waals surface area contributed by atoms with Crippen LogP contribution in [0, 0.1) is 6.92 Å². The van der Waals surface area contributed by atoms with E-state index in [9.17, 15) is 0 Å². The number of hydrogen-bond donors (Lipinski definition) is 2. The number of thiazole rings is 1. The van der Waals surface area contributed by atoms with Crippen molar-refractivity contribution in [3.63, 3.8) is 0 Å². The van der Waals surface area contributed by atoms with E-state index >= 15 is 0 Å². The van der Waals surface area contributed by atoms with Gasteiger partial charge in [0, 0.05) is 37.8 Å². The molecule has 4 nitrogen and oxygen atoms in total. The molecule has 0 aromatic carbocycles. The molecule has 1 aromatic rings. The van der Waals surface area contributed by atoms with Crippen molar-refractivity contribution in [1.82, 2.24) is 10.3 Å². The number of ether oxygens (including phenoxy) is 1. The number of methoxy groups -OCH3 is 1. The number of aromatic nitrogens is 1. The maximum atomic E-state index is 5.49. The lowest BCUT2D eigenvalue weighted by Crippen LogP contribution is -2.33. The van der Waals surface area contributed by atoms with Crippen LogP contribution in [0.5, 0.6) is 0 Å². The summed E-state index contributed by atoms with van der Waals surface area (Å²) < 4.78 is 5.14. The summed E-state index contributed by atoms with van der Waals surface area (Å²) in [5.41, 5.74) is 5.49. The summed E-state index contributed by atoms with van der Waals surface area (Å²) >= 11 is 1.71. The van der Waals surface area contributed by atoms with E-state index < -0.39 is 0 Å². The first-order valence-corrected chi connectivity index (χ1v) is 5.42. The lowest BCUT2D eigenvalue weighted by atomic mass is 10.3. The normalized spacial score (nSPS) is 13.1. The monoisotopic (exact) mass is 215 g/mol. The molecule has 1 aromatic heterocycles. The standard InChI is InChI=1S/C9H17N3OS/c1-7-4-12-9(14-7)6-11-5-8(3-10)13-2/h4,8,11H,3,5-6,10H2,1-2H3. The van der Waals surface area contributed by atoms with Gasteiger partial charge in [-0.25, -0.2) is 4.98 Å². The molecule has 0 bridgehead atoms. The van der Waals surface area contributed by atoms with Gasteiger partial charge in [-0.2, -0.15) is 0 Å². The van der Waals surface area contributed by atoms with E-state index in [0.29, 0.717) is 6.54 Å². The van der Waals surface area contributed by atoms with Crippen LogP contribution in [0.2, 0.25) is 0 Å². The highest BCUT2D eigenvalue weighted by atomic mass is 32.1. The molecule has 0 fully saturated rings. The number of aryl methyl sites for hydroxylation is 1. The minimum absolute atomic E-state index is 0.0936. The van der Waals surface area contributed by atoms with Crippen LogP contribution < -0.4 is 11.1 Å². The van der Waals surface area contributed by atoms with Crippen molar-refractivity contribution >= 4 is 11.3 Å². The van der Waals surface area contributed by atoms with Crippen molar-refractivity contribution in [1.29, 1.82) is 0 Å². The summed E-state index contributed by atoms with van der Waals surface area (Å²) in [7, 11) is 1.67. The molecule has 14 heavy (non-hydrogen) atoms. The van der Waals surface area contributed by atoms with Crippen LogP contribution in [0.3, 0.4) is 0 Å². The highest BCUT2D eigenvalue weighted by Gasteiger charge is 2.04. The van der Waals surface area contributed by atoms with Crippen LogP contribution >= 0.6 is 11.3 Å². The van der Waals surface area contributed by atoms with Crippen LogP contribution in [0.1, 0.15) is 9.88 Å². The lowest BCUT2D eigenvalue weighted by molar-refractivity contribution is 0.108. The second kappa shape index (κ2) is 6.08. The third kappa shape index (κ3) is 3.71. The van der Waals surface area contributed by atoms with Gasteiger partial charge in [0.25, 0.3) is 0 Å². The fraction of sp³-hybridized carbons (Fsp3) is 0.667. The predicted octanol–water partition coefficient (Wildman–Crippen LogP) is 0.515. The molecule has 3 N–H and O–H groups in total. The molecular formula is C9H17N3OS. The van der Waals surface area contributed by atoms with Gasteiger partial charge >= 0.3 is 0 Å². The Morgan fingerprint density at radius 3 is 3.00 bits per heavy atom. The largest absolute Gasteiger partial charge is 0.379 e. The molecule has 0 aliphatic heterocycles. The van der Waals surface area contributed by atoms with Gasteiger partial charge in [0.15, 0.2) is 0 Å². The Kier molecular flexibility index (Phi) is 5.03. The summed E-state index contributed by atoms with van der Waals surface area (Å²) in [5.74, 6) is 0. The van der Waals surface area contributed by atoms with Gasteiger partial charge in [0.05, 0.1) is 6.10 Å². The molecule has 0 aliphatic carbocycles. The summed E-state index contributed by atoms with van der Waals surface area (Å²) in [6.07, 6.45) is 1.98. The summed E-state index contributed by atoms with van der Waals surface area (Å²) in [6, 6.07) is 0. The third-order valence-corrected chi connectivity index (χ3v) is 2.83. The van der Waals surface area contributed by atoms with Crippen molar-refractivity contribution < 1.29 is 4.74 Å². The van der Waals surface area contributed by atoms with Crippen molar-refractivity contribution in [2.75, 3.05) is 20.2 Å². The van der Waals surface area contributed by atoms with Crippen LogP contribution in [0.25, 0.3) is 0 Å². The van der Waals surface area contributed by atoms with Gasteiger partial charge in [0.2, 0.25) is 0 Å². The molecule has 5 heteroatoms. The van der Waals surface area contributed by atoms with Crippen LogP contribution in [0.4, 0.5) is 0 Å². The topological polar surface area (TPSA) is 60.2 Å². The third-order valence-electron chi connectivity index (χ3n) is 1.91. The Morgan fingerprint density at radius 2 is 2.50 bits per heavy atom. The molecule has 80 valence electrons. The summed E-state index contributed by atoms with van der Waals surface area (Å²) in [4.78, 5) is 5.49. The first-order chi connectivity index (χ1) is 6.76. The minimum atomic E-state index is 0.0936. The second-order valence-electron chi connectivity index (χ2n) is 3.09. The molecule has 1 heterocycles. The van der Waals surface area contributed by atoms with E-state index in [1.165, 1.54) is 4.88 Å². The second-order valence-corrected chi connectivity index (χ2v) is 4.41. The smallest absolute Gasteiger partial charge is 0.107 e. The first kappa shape index (κ1) is 11.6. The van der Waals surface area contributed by atoms with Gasteiger partial charge in [-0.3, -0.25) is 0 Å². The van der Waals surface area contributed by atoms with E-state index in [-0.39, 0.29) is 6.10 Å². The number of nitrogens with one attached hydrogen (secondary N) is 1. The zero-order chi connectivity index (χ0) is 10.4. The average Bonchev–Trinajstić information content (AvgIpc) is 2.59. The van der Waals surface area contributed by atoms with E-state index in [4.69, 9.17) is 10.5 Å². The fourth-order valence-electron chi connectivity index (χ4n) is 1.09. The van der Waals surface area contributed by atoms with Gasteiger partial charge < -0.3 is 15.8 Å². The number of nitrogens with zero attached hydrogens (tertiary/aromatic N) is 1. The van der Waals surface area contributed by atoms with Crippen molar-refractivity contribution in [3.8, 4) is 0 Å². The Morgan fingerprint density at radius 1 is 1.71 bits per heavy atom. The molecule has 0 aliphatic rings. The molecule has 0 spiro atoms. The minimum Gasteiger partial charge on any atom is -0.379 e. The molecule has 0 radical (unpaired) electrons. The van der Waals surface area contributed by atoms with Crippen molar-refractivity contribution in [3.05, 3.63) is 16.1 Å². The maximum Gasteiger partial charge on any atom is 0.107 e. The Hall–Kier alpha value is -0.490. The quantitative estimate of drug-likeness (QED) is 0.726. The van der Waals surface area contributed by atoms with Crippen LogP contribution in [-0.4, -0.2) is 31.3 Å². The Balaban J connectivity index is 2.21. The van der Waals surface area contributed by atoms with Gasteiger partial charge in [-0.05, 0) is 6.92 Å². The van der Waals surface area contributed by atoms with E-state index in [1.807, 2.05) is 6.20 Å². The highest BCUT2D eigenvalue weighted by Crippen LogP contribution is 2.10. The van der Waals surface area contributed by atoms with Gasteiger partial charge in [0.1, 0.15) is 5.01 Å². The zero-order valence-electron chi connectivity index (χ0n) is 8.62. The van der Waals surface area contributed by atoms with E-state index in [0.717, 1.165) is 18.1 Å². The molecular weight excluding hydrogens is 198 g/mol. The first-order valence-electron chi connectivity index (χ1n) is 4.61. The maximum absolute atomic E-state index is 5.49.